The predicted octanol–water partition coefficient (Wildman–Crippen LogP) is 3.87. The molecule has 0 amide bonds. The minimum Gasteiger partial charge on any atom is -0.402 e. The third-order valence-corrected chi connectivity index (χ3v) is 3.77. The summed E-state index contributed by atoms with van der Waals surface area (Å²) >= 11 is 1.38. The van der Waals surface area contributed by atoms with E-state index in [0.29, 0.717) is 16.4 Å². The third kappa shape index (κ3) is 3.14. The van der Waals surface area contributed by atoms with Gasteiger partial charge in [0.2, 0.25) is 5.70 Å². The van der Waals surface area contributed by atoms with Gasteiger partial charge in [0, 0.05) is 10.6 Å². The van der Waals surface area contributed by atoms with Crippen molar-refractivity contribution in [1.82, 2.24) is 0 Å². The molecule has 4 N–H and O–H groups in total. The van der Waals surface area contributed by atoms with Crippen molar-refractivity contribution in [1.29, 1.82) is 0 Å². The first-order valence-electron chi connectivity index (χ1n) is 6.08. The maximum atomic E-state index is 7.38. The fourth-order valence-electron chi connectivity index (χ4n) is 1.80. The summed E-state index contributed by atoms with van der Waals surface area (Å²) in [5, 5.41) is 0.499. The lowest BCUT2D eigenvalue weighted by molar-refractivity contribution is 1.40. The van der Waals surface area contributed by atoms with Crippen molar-refractivity contribution in [3.63, 3.8) is 0 Å². The summed E-state index contributed by atoms with van der Waals surface area (Å²) in [6.45, 7) is 9.35. The minimum atomic E-state index is 0.491. The number of aryl methyl sites for hydroxylation is 1. The van der Waals surface area contributed by atoms with Crippen molar-refractivity contribution in [2.45, 2.75) is 11.8 Å². The first-order valence-corrected chi connectivity index (χ1v) is 6.90. The summed E-state index contributed by atoms with van der Waals surface area (Å²) in [5.74, 6) is 0. The first-order chi connectivity index (χ1) is 9.61. The standard InChI is InChI=1S/C16H15N3S/c1-11-5-3-4-6-14(11)15(19-2)16(18)20-13-9-7-12(17)8-10-13/h3-10H,17-18H2,1H3/b16-15-. The molecule has 0 aliphatic rings. The number of rotatable bonds is 3. The molecular formula is C16H15N3S. The Morgan fingerprint density at radius 1 is 1.10 bits per heavy atom. The van der Waals surface area contributed by atoms with E-state index in [1.807, 2.05) is 55.5 Å². The quantitative estimate of drug-likeness (QED) is 0.510. The summed E-state index contributed by atoms with van der Waals surface area (Å²) < 4.78 is 0. The highest BCUT2D eigenvalue weighted by Gasteiger charge is 2.10. The zero-order chi connectivity index (χ0) is 14.5. The van der Waals surface area contributed by atoms with E-state index in [0.717, 1.165) is 16.0 Å². The normalized spacial score (nSPS) is 11.6. The Morgan fingerprint density at radius 3 is 2.35 bits per heavy atom. The van der Waals surface area contributed by atoms with Crippen LogP contribution in [0.25, 0.3) is 10.5 Å². The third-order valence-electron chi connectivity index (χ3n) is 2.85. The smallest absolute Gasteiger partial charge is 0.223 e. The largest absolute Gasteiger partial charge is 0.402 e. The molecule has 2 aromatic rings. The molecule has 0 aliphatic heterocycles. The van der Waals surface area contributed by atoms with Gasteiger partial charge in [-0.05, 0) is 36.8 Å². The van der Waals surface area contributed by atoms with Gasteiger partial charge in [0.25, 0.3) is 0 Å². The summed E-state index contributed by atoms with van der Waals surface area (Å²) in [7, 11) is 0. The molecule has 0 saturated carbocycles. The molecule has 100 valence electrons. The molecule has 0 heterocycles. The SMILES string of the molecule is [C-]#[N+]/C(=C(/N)Sc1ccc(N)cc1)c1ccccc1C. The second-order valence-electron chi connectivity index (χ2n) is 4.31. The Hall–Kier alpha value is -2.38. The van der Waals surface area contributed by atoms with Crippen molar-refractivity contribution in [3.05, 3.63) is 76.1 Å². The highest BCUT2D eigenvalue weighted by molar-refractivity contribution is 8.03. The molecule has 0 fully saturated rings. The average molecular weight is 281 g/mol. The monoisotopic (exact) mass is 281 g/mol. The second kappa shape index (κ2) is 6.18. The average Bonchev–Trinajstić information content (AvgIpc) is 2.44. The Kier molecular flexibility index (Phi) is 4.34. The molecule has 4 heteroatoms. The van der Waals surface area contributed by atoms with Crippen LogP contribution >= 0.6 is 11.8 Å². The highest BCUT2D eigenvalue weighted by atomic mass is 32.2. The van der Waals surface area contributed by atoms with Crippen LogP contribution in [0, 0.1) is 13.5 Å². The molecule has 0 radical (unpaired) electrons. The van der Waals surface area contributed by atoms with E-state index in [4.69, 9.17) is 18.0 Å². The predicted molar refractivity (Wildman–Crippen MR) is 85.6 cm³/mol. The molecule has 20 heavy (non-hydrogen) atoms. The van der Waals surface area contributed by atoms with Crippen LogP contribution in [0.15, 0.2) is 58.5 Å². The summed E-state index contributed by atoms with van der Waals surface area (Å²) in [6, 6.07) is 15.2. The fraction of sp³-hybridized carbons (Fsp3) is 0.0625. The van der Waals surface area contributed by atoms with Crippen LogP contribution < -0.4 is 11.5 Å². The van der Waals surface area contributed by atoms with Gasteiger partial charge in [-0.15, -0.1) is 0 Å². The van der Waals surface area contributed by atoms with E-state index in [1.54, 1.807) is 0 Å². The van der Waals surface area contributed by atoms with Gasteiger partial charge in [-0.25, -0.2) is 4.85 Å². The summed E-state index contributed by atoms with van der Waals surface area (Å²) in [4.78, 5) is 4.56. The van der Waals surface area contributed by atoms with Crippen LogP contribution in [-0.4, -0.2) is 0 Å². The Morgan fingerprint density at radius 2 is 1.75 bits per heavy atom. The van der Waals surface area contributed by atoms with E-state index in [2.05, 4.69) is 4.85 Å². The molecule has 2 rings (SSSR count). The van der Waals surface area contributed by atoms with Crippen molar-refractivity contribution in [2.24, 2.45) is 5.73 Å². The van der Waals surface area contributed by atoms with Gasteiger partial charge in [0.1, 0.15) is 0 Å². The van der Waals surface area contributed by atoms with Crippen LogP contribution in [0.3, 0.4) is 0 Å². The van der Waals surface area contributed by atoms with E-state index in [-0.39, 0.29) is 0 Å². The van der Waals surface area contributed by atoms with E-state index < -0.39 is 0 Å². The molecule has 0 saturated heterocycles. The van der Waals surface area contributed by atoms with Crippen molar-refractivity contribution in [2.75, 3.05) is 5.73 Å². The Bertz CT molecular complexity index is 682. The maximum Gasteiger partial charge on any atom is 0.223 e. The number of nitrogens with zero attached hydrogens (tertiary/aromatic N) is 1. The van der Waals surface area contributed by atoms with Crippen molar-refractivity contribution < 1.29 is 0 Å². The molecule has 0 aromatic heterocycles. The number of hydrogen-bond acceptors (Lipinski definition) is 3. The topological polar surface area (TPSA) is 56.4 Å². The van der Waals surface area contributed by atoms with E-state index in [1.165, 1.54) is 11.8 Å². The fourth-order valence-corrected chi connectivity index (χ4v) is 2.58. The van der Waals surface area contributed by atoms with Crippen molar-refractivity contribution >= 4 is 23.1 Å². The molecule has 2 aromatic carbocycles. The van der Waals surface area contributed by atoms with Crippen LogP contribution in [-0.2, 0) is 0 Å². The maximum absolute atomic E-state index is 7.38. The minimum absolute atomic E-state index is 0.491. The second-order valence-corrected chi connectivity index (χ2v) is 5.43. The first kappa shape index (κ1) is 14.0. The lowest BCUT2D eigenvalue weighted by Crippen LogP contribution is -1.98. The number of nitrogen functional groups attached to an aromatic ring is 1. The Balaban J connectivity index is 2.36. The van der Waals surface area contributed by atoms with Crippen molar-refractivity contribution in [3.8, 4) is 0 Å². The van der Waals surface area contributed by atoms with E-state index in [9.17, 15) is 0 Å². The number of nitrogens with two attached hydrogens (primary N) is 2. The van der Waals surface area contributed by atoms with Crippen LogP contribution in [0.5, 0.6) is 0 Å². The van der Waals surface area contributed by atoms with Gasteiger partial charge < -0.3 is 11.5 Å². The van der Waals surface area contributed by atoms with E-state index >= 15 is 0 Å². The molecule has 0 atom stereocenters. The molecule has 0 bridgehead atoms. The Labute approximate surface area is 123 Å². The van der Waals surface area contributed by atoms with Gasteiger partial charge in [-0.1, -0.05) is 41.6 Å². The van der Waals surface area contributed by atoms with Crippen LogP contribution in [0.4, 0.5) is 5.69 Å². The number of thioether (sulfide) groups is 1. The molecule has 0 aliphatic carbocycles. The van der Waals surface area contributed by atoms with Gasteiger partial charge in [-0.2, -0.15) is 0 Å². The number of benzene rings is 2. The lowest BCUT2D eigenvalue weighted by atomic mass is 10.1. The number of anilines is 1. The highest BCUT2D eigenvalue weighted by Crippen LogP contribution is 2.31. The van der Waals surface area contributed by atoms with Gasteiger partial charge >= 0.3 is 0 Å². The van der Waals surface area contributed by atoms with Crippen LogP contribution in [0.2, 0.25) is 0 Å². The van der Waals surface area contributed by atoms with Crippen LogP contribution in [0.1, 0.15) is 11.1 Å². The lowest BCUT2D eigenvalue weighted by Gasteiger charge is -2.08. The summed E-state index contributed by atoms with van der Waals surface area (Å²) in [6.07, 6.45) is 0. The summed E-state index contributed by atoms with van der Waals surface area (Å²) in [5.41, 5.74) is 14.9. The number of hydrogen-bond donors (Lipinski definition) is 2. The molecule has 3 nitrogen and oxygen atoms in total. The van der Waals surface area contributed by atoms with Gasteiger partial charge in [0.15, 0.2) is 0 Å². The molecule has 0 spiro atoms. The zero-order valence-corrected chi connectivity index (χ0v) is 11.9. The van der Waals surface area contributed by atoms with Gasteiger partial charge in [0.05, 0.1) is 11.6 Å². The molecular weight excluding hydrogens is 266 g/mol. The van der Waals surface area contributed by atoms with Gasteiger partial charge in [-0.3, -0.25) is 0 Å². The zero-order valence-electron chi connectivity index (χ0n) is 11.1. The molecule has 0 unspecified atom stereocenters.